The van der Waals surface area contributed by atoms with E-state index in [0.717, 1.165) is 11.1 Å². The number of fused-ring (bicyclic) bond motifs is 2. The molecule has 0 unspecified atom stereocenters. The molecule has 11 atom stereocenters. The van der Waals surface area contributed by atoms with Gasteiger partial charge in [-0.25, -0.2) is 0 Å². The summed E-state index contributed by atoms with van der Waals surface area (Å²) in [6, 6.07) is 12.8. The van der Waals surface area contributed by atoms with Gasteiger partial charge in [0.2, 0.25) is 47.3 Å². The Morgan fingerprint density at radius 2 is 1.18 bits per heavy atom. The van der Waals surface area contributed by atoms with E-state index in [1.165, 1.54) is 0 Å². The lowest BCUT2D eigenvalue weighted by Crippen LogP contribution is -2.59. The predicted octanol–water partition coefficient (Wildman–Crippen LogP) is 2.85. The first kappa shape index (κ1) is 73.7. The number of aliphatic hydroxyl groups is 1. The van der Waals surface area contributed by atoms with Crippen LogP contribution in [-0.4, -0.2) is 205 Å². The van der Waals surface area contributed by atoms with Crippen molar-refractivity contribution in [2.45, 2.75) is 178 Å². The molecule has 0 bridgehead atoms. The van der Waals surface area contributed by atoms with E-state index in [-0.39, 0.29) is 67.7 Å². The zero-order valence-electron chi connectivity index (χ0n) is 55.4. The number of aliphatic hydroxyl groups excluding tert-OH is 1. The number of allylic oxidation sites excluding steroid dienone is 3. The molecule has 0 radical (unpaired) electrons. The lowest BCUT2D eigenvalue weighted by atomic mass is 9.92. The van der Waals surface area contributed by atoms with Crippen molar-refractivity contribution in [3.63, 3.8) is 0 Å². The van der Waals surface area contributed by atoms with Crippen LogP contribution in [-0.2, 0) is 65.5 Å². The van der Waals surface area contributed by atoms with Gasteiger partial charge in [-0.2, -0.15) is 0 Å². The second-order valence-corrected chi connectivity index (χ2v) is 24.6. The van der Waals surface area contributed by atoms with Gasteiger partial charge >= 0.3 is 0 Å². The Morgan fingerprint density at radius 3 is 1.72 bits per heavy atom. The second kappa shape index (κ2) is 38.6. The number of carbonyl (C=O) groups is 8. The number of likely N-dealkylation sites (N-methyl/N-ethyl adjacent to an activating group) is 2. The van der Waals surface area contributed by atoms with Crippen LogP contribution in [0.3, 0.4) is 0 Å². The number of benzene rings is 2. The summed E-state index contributed by atoms with van der Waals surface area (Å²) in [5, 5.41) is 42.7. The normalized spacial score (nSPS) is 22.2. The molecular formula is C69H101N13O12. The summed E-state index contributed by atoms with van der Waals surface area (Å²) in [5.41, 5.74) is 2.84. The van der Waals surface area contributed by atoms with Crippen molar-refractivity contribution >= 4 is 47.3 Å². The Hall–Kier alpha value is -7.68. The SMILES string of the molecule is C=C(/C=C\C=C/C)[C@H](NC(=O)[C@@H]1CC[C@@H]2CC[C@H](CO)[C@H](NC(=O)[C@H](CC)NC)C(=O)N21)C(=O)NCCCOCCOCCOCCCn1cc(CCC(=O)NC[C@H]2CC[C@H]3CC[C@@H](C(=O)NC(c4ccccc4)c4ccccc4)N3C(=O)[C@H]2NC(=O)[C@H](CC)NC)nn1. The minimum absolute atomic E-state index is 0.141. The Labute approximate surface area is 553 Å². The van der Waals surface area contributed by atoms with Crippen LogP contribution in [0.15, 0.2) is 103 Å². The molecule has 94 heavy (non-hydrogen) atoms. The average Bonchev–Trinajstić information content (AvgIpc) is 1.63. The van der Waals surface area contributed by atoms with Crippen LogP contribution in [0.25, 0.3) is 0 Å². The van der Waals surface area contributed by atoms with Gasteiger partial charge in [-0.3, -0.25) is 43.0 Å². The van der Waals surface area contributed by atoms with E-state index in [2.05, 4.69) is 59.4 Å². The van der Waals surface area contributed by atoms with Crippen LogP contribution in [0.4, 0.5) is 0 Å². The van der Waals surface area contributed by atoms with Crippen LogP contribution in [0, 0.1) is 11.8 Å². The average molecular weight is 1300 g/mol. The number of rotatable bonds is 38. The number of carbonyl (C=O) groups excluding carboxylic acids is 8. The summed E-state index contributed by atoms with van der Waals surface area (Å²) in [5.74, 6) is -3.78. The minimum Gasteiger partial charge on any atom is -0.396 e. The molecule has 5 heterocycles. The first-order chi connectivity index (χ1) is 45.6. The van der Waals surface area contributed by atoms with E-state index in [1.54, 1.807) is 46.8 Å². The zero-order chi connectivity index (χ0) is 67.4. The second-order valence-electron chi connectivity index (χ2n) is 24.6. The molecule has 1 aromatic heterocycles. The Morgan fingerprint density at radius 1 is 0.660 bits per heavy atom. The molecule has 0 spiro atoms. The largest absolute Gasteiger partial charge is 0.396 e. The number of nitrogens with zero attached hydrogens (tertiary/aromatic N) is 5. The van der Waals surface area contributed by atoms with Gasteiger partial charge in [-0.05, 0) is 115 Å². The summed E-state index contributed by atoms with van der Waals surface area (Å²) >= 11 is 0. The van der Waals surface area contributed by atoms with Crippen molar-refractivity contribution in [3.05, 3.63) is 120 Å². The monoisotopic (exact) mass is 1300 g/mol. The topological polar surface area (TPSA) is 318 Å². The van der Waals surface area contributed by atoms with Crippen LogP contribution in [0.1, 0.15) is 127 Å². The van der Waals surface area contributed by atoms with Gasteiger partial charge in [-0.1, -0.05) is 111 Å². The molecule has 3 aromatic rings. The number of aromatic nitrogens is 3. The van der Waals surface area contributed by atoms with Crippen molar-refractivity contribution in [1.29, 1.82) is 0 Å². The quantitative estimate of drug-likeness (QED) is 0.0294. The molecule has 8 amide bonds. The summed E-state index contributed by atoms with van der Waals surface area (Å²) in [6.07, 6.45) is 15.8. The minimum atomic E-state index is -1.13. The van der Waals surface area contributed by atoms with Crippen LogP contribution >= 0.6 is 0 Å². The van der Waals surface area contributed by atoms with Crippen molar-refractivity contribution in [1.82, 2.24) is 67.3 Å². The molecule has 25 heteroatoms. The smallest absolute Gasteiger partial charge is 0.247 e. The molecule has 7 rings (SSSR count). The molecule has 25 nitrogen and oxygen atoms in total. The van der Waals surface area contributed by atoms with Gasteiger partial charge in [0.15, 0.2) is 0 Å². The molecule has 4 aliphatic rings. The molecule has 9 N–H and O–H groups in total. The highest BCUT2D eigenvalue weighted by atomic mass is 16.5. The van der Waals surface area contributed by atoms with E-state index < -0.39 is 77.9 Å². The highest BCUT2D eigenvalue weighted by Crippen LogP contribution is 2.36. The van der Waals surface area contributed by atoms with Crippen molar-refractivity contribution < 1.29 is 57.7 Å². The van der Waals surface area contributed by atoms with Crippen LogP contribution < -0.4 is 42.5 Å². The molecule has 4 saturated heterocycles. The maximum absolute atomic E-state index is 14.8. The zero-order valence-corrected chi connectivity index (χ0v) is 55.4. The highest BCUT2D eigenvalue weighted by molar-refractivity contribution is 5.97. The van der Waals surface area contributed by atoms with E-state index in [0.29, 0.717) is 141 Å². The lowest BCUT2D eigenvalue weighted by molar-refractivity contribution is -0.144. The number of amides is 8. The summed E-state index contributed by atoms with van der Waals surface area (Å²) < 4.78 is 18.9. The fourth-order valence-electron chi connectivity index (χ4n) is 13.0. The third-order valence-electron chi connectivity index (χ3n) is 18.3. The first-order valence-corrected chi connectivity index (χ1v) is 33.7. The van der Waals surface area contributed by atoms with Crippen molar-refractivity contribution in [3.8, 4) is 0 Å². The Bertz CT molecular complexity index is 2960. The molecule has 2 aromatic carbocycles. The fourth-order valence-corrected chi connectivity index (χ4v) is 13.0. The number of hydrogen-bond donors (Lipinski definition) is 9. The van der Waals surface area contributed by atoms with E-state index in [1.807, 2.05) is 93.7 Å². The first-order valence-electron chi connectivity index (χ1n) is 33.7. The fraction of sp³-hybridized carbons (Fsp3) is 0.594. The van der Waals surface area contributed by atoms with Gasteiger partial charge in [-0.15, -0.1) is 5.10 Å². The number of nitrogens with one attached hydrogen (secondary N) is 8. The third kappa shape index (κ3) is 20.9. The van der Waals surface area contributed by atoms with Crippen LogP contribution in [0.2, 0.25) is 0 Å². The maximum Gasteiger partial charge on any atom is 0.247 e. The predicted molar refractivity (Wildman–Crippen MR) is 354 cm³/mol. The van der Waals surface area contributed by atoms with E-state index in [4.69, 9.17) is 14.2 Å². The highest BCUT2D eigenvalue weighted by Gasteiger charge is 2.50. The summed E-state index contributed by atoms with van der Waals surface area (Å²) in [4.78, 5) is 114. The number of hydrogen-bond acceptors (Lipinski definition) is 16. The summed E-state index contributed by atoms with van der Waals surface area (Å²) in [6.45, 7) is 12.6. The molecule has 514 valence electrons. The lowest BCUT2D eigenvalue weighted by Gasteiger charge is -2.33. The number of aryl methyl sites for hydroxylation is 2. The van der Waals surface area contributed by atoms with Crippen molar-refractivity contribution in [2.24, 2.45) is 11.8 Å². The van der Waals surface area contributed by atoms with Gasteiger partial charge in [0, 0.05) is 82.4 Å². The summed E-state index contributed by atoms with van der Waals surface area (Å²) in [7, 11) is 3.37. The molecular weight excluding hydrogens is 1200 g/mol. The van der Waals surface area contributed by atoms with Crippen LogP contribution in [0.5, 0.6) is 0 Å². The van der Waals surface area contributed by atoms with Gasteiger partial charge < -0.3 is 71.7 Å². The standard InChI is InChI=1S/C69H101N13O12/c1-7-10-13-20-46(4)59(74-65(87)56-32-31-53-29-26-50(45-83)62(69(91)82(53)56)77-64(86)55(9-3)71-6)67(89)72-35-18-37-92-39-41-94-42-40-93-38-19-36-80-44-51(78-79-80)27-34-58(84)73-43-49-25-28-52-30-33-57(81(52)68(90)61(49)76-63(85)54(8-2)70-5)66(88)75-60(47-21-14-11-15-22-47)48-23-16-12-17-24-48/h7,10-17,20-24,44,49-50,52-57,59-62,70-71,83H,4,8-9,18-19,25-43,45H2,1-3,5-6H3,(H,72,89)(H,73,84)(H,74,87)(H,75,88)(H,76,85)(H,77,86)/b10-7-,20-13-/t49-,50-,52+,53+,54+,55+,56+,57+,59+,61+,62+/m1/s1. The van der Waals surface area contributed by atoms with Gasteiger partial charge in [0.25, 0.3) is 0 Å². The van der Waals surface area contributed by atoms with Crippen molar-refractivity contribution in [2.75, 3.05) is 73.4 Å². The van der Waals surface area contributed by atoms with Gasteiger partial charge in [0.1, 0.15) is 30.2 Å². The third-order valence-corrected chi connectivity index (χ3v) is 18.3. The molecule has 4 aliphatic heterocycles. The Kier molecular flexibility index (Phi) is 30.3. The maximum atomic E-state index is 14.8. The van der Waals surface area contributed by atoms with E-state index in [9.17, 15) is 43.5 Å². The molecule has 0 aliphatic carbocycles. The van der Waals surface area contributed by atoms with Gasteiger partial charge in [0.05, 0.1) is 50.2 Å². The molecule has 0 saturated carbocycles. The number of ether oxygens (including phenoxy) is 3. The Balaban J connectivity index is 0.770. The molecule has 4 fully saturated rings. The van der Waals surface area contributed by atoms with E-state index >= 15 is 0 Å².